The van der Waals surface area contributed by atoms with Crippen LogP contribution < -0.4 is 5.73 Å². The highest BCUT2D eigenvalue weighted by Gasteiger charge is 2.18. The van der Waals surface area contributed by atoms with Crippen LogP contribution in [0.25, 0.3) is 0 Å². The van der Waals surface area contributed by atoms with E-state index in [0.717, 1.165) is 0 Å². The van der Waals surface area contributed by atoms with Crippen LogP contribution in [0.5, 0.6) is 0 Å². The van der Waals surface area contributed by atoms with Gasteiger partial charge in [0.15, 0.2) is 0 Å². The summed E-state index contributed by atoms with van der Waals surface area (Å²) in [5, 5.41) is 20.9. The molecule has 1 rings (SSSR count). The summed E-state index contributed by atoms with van der Waals surface area (Å²) >= 11 is 0. The fourth-order valence-corrected chi connectivity index (χ4v) is 2.14. The summed E-state index contributed by atoms with van der Waals surface area (Å²) in [7, 11) is 0. The highest BCUT2D eigenvalue weighted by molar-refractivity contribution is 5.75. The van der Waals surface area contributed by atoms with Crippen LogP contribution in [0.4, 0.5) is 5.69 Å². The number of nitrogens with two attached hydrogens (primary N) is 1. The van der Waals surface area contributed by atoms with Crippen molar-refractivity contribution < 1.29 is 14.8 Å². The third-order valence-corrected chi connectivity index (χ3v) is 2.90. The van der Waals surface area contributed by atoms with Crippen molar-refractivity contribution in [2.45, 2.75) is 20.0 Å². The molecule has 7 nitrogen and oxygen atoms in total. The second kappa shape index (κ2) is 7.70. The monoisotopic (exact) mass is 295 g/mol. The van der Waals surface area contributed by atoms with Crippen LogP contribution in [0.2, 0.25) is 0 Å². The second-order valence-corrected chi connectivity index (χ2v) is 5.42. The number of rotatable bonds is 8. The van der Waals surface area contributed by atoms with Crippen LogP contribution in [-0.2, 0) is 4.79 Å². The molecule has 1 unspecified atom stereocenters. The molecule has 1 amide bonds. The molecule has 3 N–H and O–H groups in total. The van der Waals surface area contributed by atoms with Gasteiger partial charge in [0, 0.05) is 25.2 Å². The molecule has 1 atom stereocenters. The van der Waals surface area contributed by atoms with Gasteiger partial charge >= 0.3 is 0 Å². The molecule has 0 aromatic heterocycles. The Morgan fingerprint density at radius 1 is 1.43 bits per heavy atom. The second-order valence-electron chi connectivity index (χ2n) is 5.42. The van der Waals surface area contributed by atoms with Crippen LogP contribution >= 0.6 is 0 Å². The zero-order valence-electron chi connectivity index (χ0n) is 12.2. The van der Waals surface area contributed by atoms with Gasteiger partial charge in [-0.1, -0.05) is 26.0 Å². The third kappa shape index (κ3) is 5.88. The Balaban J connectivity index is 2.80. The number of aliphatic hydroxyl groups excluding tert-OH is 1. The molecule has 0 aliphatic rings. The molecular weight excluding hydrogens is 274 g/mol. The molecule has 0 aliphatic carbocycles. The maximum absolute atomic E-state index is 11.1. The first-order valence-electron chi connectivity index (χ1n) is 6.72. The molecule has 0 saturated heterocycles. The number of hydrogen-bond acceptors (Lipinski definition) is 5. The molecule has 0 fully saturated rings. The average Bonchev–Trinajstić information content (AvgIpc) is 2.37. The summed E-state index contributed by atoms with van der Waals surface area (Å²) in [5.74, 6) is -0.163. The third-order valence-electron chi connectivity index (χ3n) is 2.90. The predicted molar refractivity (Wildman–Crippen MR) is 78.5 cm³/mol. The number of aliphatic hydroxyl groups is 1. The molecule has 21 heavy (non-hydrogen) atoms. The minimum absolute atomic E-state index is 0.0458. The van der Waals surface area contributed by atoms with Crippen molar-refractivity contribution in [1.82, 2.24) is 4.90 Å². The molecule has 7 heteroatoms. The zero-order valence-corrected chi connectivity index (χ0v) is 12.2. The molecule has 116 valence electrons. The molecule has 0 bridgehead atoms. The van der Waals surface area contributed by atoms with Gasteiger partial charge < -0.3 is 10.8 Å². The number of non-ortho nitro benzene ring substituents is 1. The first-order valence-corrected chi connectivity index (χ1v) is 6.72. The maximum atomic E-state index is 11.1. The van der Waals surface area contributed by atoms with E-state index >= 15 is 0 Å². The lowest BCUT2D eigenvalue weighted by Gasteiger charge is -2.25. The van der Waals surface area contributed by atoms with E-state index in [2.05, 4.69) is 0 Å². The highest BCUT2D eigenvalue weighted by atomic mass is 16.6. The number of benzene rings is 1. The quantitative estimate of drug-likeness (QED) is 0.550. The first-order chi connectivity index (χ1) is 9.79. The number of nitrogens with zero attached hydrogens (tertiary/aromatic N) is 2. The molecule has 0 heterocycles. The van der Waals surface area contributed by atoms with Gasteiger partial charge in [-0.05, 0) is 11.5 Å². The van der Waals surface area contributed by atoms with Gasteiger partial charge in [0.25, 0.3) is 5.69 Å². The van der Waals surface area contributed by atoms with Crippen molar-refractivity contribution in [1.29, 1.82) is 0 Å². The van der Waals surface area contributed by atoms with Gasteiger partial charge in [0.1, 0.15) is 0 Å². The fourth-order valence-electron chi connectivity index (χ4n) is 2.14. The lowest BCUT2D eigenvalue weighted by molar-refractivity contribution is -0.385. The maximum Gasteiger partial charge on any atom is 0.269 e. The standard InChI is InChI=1S/C14H21N3O4/c1-10(2)7-16(9-14(15)19)8-13(18)11-4-3-5-12(6-11)17(20)21/h3-6,10,13,18H,7-9H2,1-2H3,(H2,15,19). The highest BCUT2D eigenvalue weighted by Crippen LogP contribution is 2.20. The topological polar surface area (TPSA) is 110 Å². The molecule has 0 saturated carbocycles. The van der Waals surface area contributed by atoms with E-state index in [9.17, 15) is 20.0 Å². The molecule has 1 aromatic rings. The Morgan fingerprint density at radius 3 is 2.62 bits per heavy atom. The largest absolute Gasteiger partial charge is 0.387 e. The van der Waals surface area contributed by atoms with Crippen molar-refractivity contribution in [2.24, 2.45) is 11.7 Å². The normalized spacial score (nSPS) is 12.6. The Bertz CT molecular complexity index is 505. The van der Waals surface area contributed by atoms with Crippen molar-refractivity contribution in [3.8, 4) is 0 Å². The van der Waals surface area contributed by atoms with Gasteiger partial charge in [-0.25, -0.2) is 0 Å². The molecular formula is C14H21N3O4. The Hall–Kier alpha value is -1.99. The molecule has 1 aromatic carbocycles. The van der Waals surface area contributed by atoms with Crippen molar-refractivity contribution in [3.63, 3.8) is 0 Å². The van der Waals surface area contributed by atoms with Crippen molar-refractivity contribution in [3.05, 3.63) is 39.9 Å². The predicted octanol–water partition coefficient (Wildman–Crippen LogP) is 1.07. The SMILES string of the molecule is CC(C)CN(CC(N)=O)CC(O)c1cccc([N+](=O)[O-])c1. The summed E-state index contributed by atoms with van der Waals surface area (Å²) < 4.78 is 0. The summed E-state index contributed by atoms with van der Waals surface area (Å²) in [6.07, 6.45) is -0.914. The summed E-state index contributed by atoms with van der Waals surface area (Å²) in [5.41, 5.74) is 5.57. The van der Waals surface area contributed by atoms with Crippen LogP contribution in [0.3, 0.4) is 0 Å². The number of hydrogen-bond donors (Lipinski definition) is 2. The van der Waals surface area contributed by atoms with Gasteiger partial charge in [-0.15, -0.1) is 0 Å². The van der Waals surface area contributed by atoms with E-state index in [1.165, 1.54) is 18.2 Å². The van der Waals surface area contributed by atoms with Crippen molar-refractivity contribution in [2.75, 3.05) is 19.6 Å². The lowest BCUT2D eigenvalue weighted by Crippen LogP contribution is -2.38. The van der Waals surface area contributed by atoms with Crippen LogP contribution in [0.1, 0.15) is 25.5 Å². The van der Waals surface area contributed by atoms with E-state index in [-0.39, 0.29) is 18.8 Å². The van der Waals surface area contributed by atoms with Gasteiger partial charge in [0.05, 0.1) is 17.6 Å². The number of carbonyl (C=O) groups excluding carboxylic acids is 1. The minimum Gasteiger partial charge on any atom is -0.387 e. The molecule has 0 aliphatic heterocycles. The Kier molecular flexibility index (Phi) is 6.26. The number of carbonyl (C=O) groups is 1. The number of primary amides is 1. The Morgan fingerprint density at radius 2 is 2.10 bits per heavy atom. The van der Waals surface area contributed by atoms with Crippen LogP contribution in [0, 0.1) is 16.0 Å². The van der Waals surface area contributed by atoms with E-state index in [4.69, 9.17) is 5.73 Å². The average molecular weight is 295 g/mol. The first kappa shape index (κ1) is 17.1. The van der Waals surface area contributed by atoms with Crippen LogP contribution in [0.15, 0.2) is 24.3 Å². The summed E-state index contributed by atoms with van der Waals surface area (Å²) in [6, 6.07) is 5.85. The zero-order chi connectivity index (χ0) is 16.0. The van der Waals surface area contributed by atoms with Crippen LogP contribution in [-0.4, -0.2) is 40.5 Å². The minimum atomic E-state index is -0.914. The molecule has 0 radical (unpaired) electrons. The Labute approximate surface area is 123 Å². The summed E-state index contributed by atoms with van der Waals surface area (Å²) in [4.78, 5) is 23.0. The van der Waals surface area contributed by atoms with Gasteiger partial charge in [-0.3, -0.25) is 19.8 Å². The smallest absolute Gasteiger partial charge is 0.269 e. The van der Waals surface area contributed by atoms with E-state index < -0.39 is 16.9 Å². The van der Waals surface area contributed by atoms with E-state index in [0.29, 0.717) is 18.0 Å². The lowest BCUT2D eigenvalue weighted by atomic mass is 10.1. The van der Waals surface area contributed by atoms with Crippen molar-refractivity contribution >= 4 is 11.6 Å². The number of amides is 1. The van der Waals surface area contributed by atoms with Gasteiger partial charge in [0.2, 0.25) is 5.91 Å². The number of nitro benzene ring substituents is 1. The number of nitro groups is 1. The van der Waals surface area contributed by atoms with E-state index in [1.807, 2.05) is 13.8 Å². The fraction of sp³-hybridized carbons (Fsp3) is 0.500. The summed E-state index contributed by atoms with van der Waals surface area (Å²) in [6.45, 7) is 4.84. The molecule has 0 spiro atoms. The van der Waals surface area contributed by atoms with Gasteiger partial charge in [-0.2, -0.15) is 0 Å². The van der Waals surface area contributed by atoms with E-state index in [1.54, 1.807) is 11.0 Å².